The SMILES string of the molecule is CC1C[C@@H](C)C(NC=O)[C@@H](C)C1.[HH]. The van der Waals surface area contributed by atoms with Crippen LogP contribution in [-0.2, 0) is 4.79 Å². The Kier molecular flexibility index (Phi) is 3.12. The summed E-state index contributed by atoms with van der Waals surface area (Å²) >= 11 is 0. The van der Waals surface area contributed by atoms with Gasteiger partial charge in [-0.1, -0.05) is 20.8 Å². The van der Waals surface area contributed by atoms with Gasteiger partial charge < -0.3 is 5.32 Å². The lowest BCUT2D eigenvalue weighted by Gasteiger charge is -2.37. The molecule has 1 aliphatic rings. The van der Waals surface area contributed by atoms with Crippen LogP contribution in [0.2, 0.25) is 0 Å². The molecule has 0 aromatic heterocycles. The molecule has 0 bridgehead atoms. The lowest BCUT2D eigenvalue weighted by Crippen LogP contribution is -2.43. The summed E-state index contributed by atoms with van der Waals surface area (Å²) in [6, 6.07) is 0.402. The van der Waals surface area contributed by atoms with E-state index >= 15 is 0 Å². The largest absolute Gasteiger partial charge is 0.355 e. The second kappa shape index (κ2) is 3.92. The van der Waals surface area contributed by atoms with Gasteiger partial charge in [-0.2, -0.15) is 0 Å². The van der Waals surface area contributed by atoms with Crippen molar-refractivity contribution in [1.82, 2.24) is 5.32 Å². The highest BCUT2D eigenvalue weighted by Gasteiger charge is 2.30. The van der Waals surface area contributed by atoms with Gasteiger partial charge in [0.15, 0.2) is 0 Å². The van der Waals surface area contributed by atoms with Gasteiger partial charge >= 0.3 is 0 Å². The van der Waals surface area contributed by atoms with Gasteiger partial charge in [0, 0.05) is 7.47 Å². The molecule has 0 radical (unpaired) electrons. The van der Waals surface area contributed by atoms with Crippen LogP contribution in [0.3, 0.4) is 0 Å². The summed E-state index contributed by atoms with van der Waals surface area (Å²) in [5, 5.41) is 2.92. The zero-order valence-corrected chi connectivity index (χ0v) is 8.21. The van der Waals surface area contributed by atoms with Gasteiger partial charge in [0.25, 0.3) is 0 Å². The molecule has 0 spiro atoms. The third-order valence-corrected chi connectivity index (χ3v) is 3.03. The molecule has 0 aromatic carbocycles. The molecule has 1 fully saturated rings. The van der Waals surface area contributed by atoms with Crippen molar-refractivity contribution in [1.29, 1.82) is 0 Å². The molecule has 12 heavy (non-hydrogen) atoms. The maximum absolute atomic E-state index is 10.3. The van der Waals surface area contributed by atoms with Crippen molar-refractivity contribution in [2.45, 2.75) is 39.7 Å². The normalized spacial score (nSPS) is 42.2. The van der Waals surface area contributed by atoms with Crippen molar-refractivity contribution in [3.05, 3.63) is 0 Å². The van der Waals surface area contributed by atoms with E-state index in [4.69, 9.17) is 0 Å². The summed E-state index contributed by atoms with van der Waals surface area (Å²) < 4.78 is 0. The van der Waals surface area contributed by atoms with Crippen molar-refractivity contribution in [3.63, 3.8) is 0 Å². The van der Waals surface area contributed by atoms with Gasteiger partial charge in [-0.3, -0.25) is 4.79 Å². The van der Waals surface area contributed by atoms with Crippen LogP contribution >= 0.6 is 0 Å². The molecule has 0 aliphatic heterocycles. The minimum atomic E-state index is 0. The summed E-state index contributed by atoms with van der Waals surface area (Å²) in [7, 11) is 0. The summed E-state index contributed by atoms with van der Waals surface area (Å²) in [6.07, 6.45) is 3.33. The lowest BCUT2D eigenvalue weighted by molar-refractivity contribution is -0.111. The van der Waals surface area contributed by atoms with Gasteiger partial charge in [0.05, 0.1) is 0 Å². The molecule has 2 unspecified atom stereocenters. The summed E-state index contributed by atoms with van der Waals surface area (Å²) in [5.74, 6) is 2.09. The highest BCUT2D eigenvalue weighted by molar-refractivity contribution is 5.46. The summed E-state index contributed by atoms with van der Waals surface area (Å²) in [5.41, 5.74) is 0. The molecule has 1 N–H and O–H groups in total. The Hall–Kier alpha value is -0.530. The maximum atomic E-state index is 10.3. The average Bonchev–Trinajstić information content (AvgIpc) is 1.96. The van der Waals surface area contributed by atoms with E-state index < -0.39 is 0 Å². The van der Waals surface area contributed by atoms with E-state index in [1.165, 1.54) is 12.8 Å². The monoisotopic (exact) mass is 171 g/mol. The van der Waals surface area contributed by atoms with Crippen LogP contribution in [0, 0.1) is 17.8 Å². The first kappa shape index (κ1) is 9.56. The molecular formula is C10H21NO. The van der Waals surface area contributed by atoms with Crippen LogP contribution < -0.4 is 5.32 Å². The quantitative estimate of drug-likeness (QED) is 0.633. The molecule has 2 nitrogen and oxygen atoms in total. The predicted molar refractivity (Wildman–Crippen MR) is 51.8 cm³/mol. The highest BCUT2D eigenvalue weighted by atomic mass is 16.1. The third kappa shape index (κ3) is 1.99. The van der Waals surface area contributed by atoms with Gasteiger partial charge in [-0.05, 0) is 30.6 Å². The smallest absolute Gasteiger partial charge is 0.207 e. The van der Waals surface area contributed by atoms with E-state index in [0.717, 1.165) is 12.3 Å². The molecule has 1 amide bonds. The molecule has 1 aliphatic carbocycles. The number of carbonyl (C=O) groups excluding carboxylic acids is 1. The number of hydrogen-bond donors (Lipinski definition) is 1. The van der Waals surface area contributed by atoms with E-state index in [-0.39, 0.29) is 1.43 Å². The van der Waals surface area contributed by atoms with Gasteiger partial charge in [0.2, 0.25) is 6.41 Å². The Morgan fingerprint density at radius 1 is 1.25 bits per heavy atom. The first-order valence-corrected chi connectivity index (χ1v) is 4.84. The minimum absolute atomic E-state index is 0. The number of amides is 1. The van der Waals surface area contributed by atoms with E-state index in [1.807, 2.05) is 0 Å². The van der Waals surface area contributed by atoms with Crippen LogP contribution in [0.25, 0.3) is 0 Å². The van der Waals surface area contributed by atoms with E-state index in [0.29, 0.717) is 17.9 Å². The van der Waals surface area contributed by atoms with Crippen molar-refractivity contribution in [2.24, 2.45) is 17.8 Å². The molecule has 1 rings (SSSR count). The summed E-state index contributed by atoms with van der Waals surface area (Å²) in [6.45, 7) is 6.75. The van der Waals surface area contributed by atoms with Crippen LogP contribution in [0.15, 0.2) is 0 Å². The Bertz CT molecular complexity index is 151. The molecular weight excluding hydrogens is 150 g/mol. The molecule has 2 heteroatoms. The summed E-state index contributed by atoms with van der Waals surface area (Å²) in [4.78, 5) is 10.3. The molecule has 0 aromatic rings. The van der Waals surface area contributed by atoms with Crippen molar-refractivity contribution in [3.8, 4) is 0 Å². The molecule has 0 heterocycles. The van der Waals surface area contributed by atoms with Crippen molar-refractivity contribution in [2.75, 3.05) is 0 Å². The Morgan fingerprint density at radius 2 is 1.75 bits per heavy atom. The standard InChI is InChI=1S/C10H19NO.H2/c1-7-4-8(2)10(11-6-12)9(3)5-7;/h6-10H,4-5H2,1-3H3,(H,11,12);1H/t7?,8-,9+,10?;. The van der Waals surface area contributed by atoms with Crippen LogP contribution in [0.4, 0.5) is 0 Å². The van der Waals surface area contributed by atoms with Gasteiger partial charge in [0.1, 0.15) is 0 Å². The van der Waals surface area contributed by atoms with Crippen molar-refractivity contribution >= 4 is 6.41 Å². The first-order chi connectivity index (χ1) is 5.65. The second-order valence-corrected chi connectivity index (χ2v) is 4.34. The Balaban J connectivity index is 0.00000144. The van der Waals surface area contributed by atoms with E-state index in [1.54, 1.807) is 0 Å². The topological polar surface area (TPSA) is 29.1 Å². The first-order valence-electron chi connectivity index (χ1n) is 4.84. The Morgan fingerprint density at radius 3 is 2.17 bits per heavy atom. The number of rotatable bonds is 2. The molecule has 1 saturated carbocycles. The maximum Gasteiger partial charge on any atom is 0.207 e. The van der Waals surface area contributed by atoms with Crippen LogP contribution in [0.5, 0.6) is 0 Å². The fraction of sp³-hybridized carbons (Fsp3) is 0.900. The zero-order chi connectivity index (χ0) is 9.14. The fourth-order valence-electron chi connectivity index (χ4n) is 2.63. The predicted octanol–water partition coefficient (Wildman–Crippen LogP) is 2.05. The van der Waals surface area contributed by atoms with E-state index in [2.05, 4.69) is 26.1 Å². The number of hydrogen-bond acceptors (Lipinski definition) is 1. The second-order valence-electron chi connectivity index (χ2n) is 4.34. The fourth-order valence-corrected chi connectivity index (χ4v) is 2.63. The number of carbonyl (C=O) groups is 1. The lowest BCUT2D eigenvalue weighted by atomic mass is 9.74. The average molecular weight is 171 g/mol. The van der Waals surface area contributed by atoms with Crippen LogP contribution in [-0.4, -0.2) is 12.5 Å². The Labute approximate surface area is 76.2 Å². The third-order valence-electron chi connectivity index (χ3n) is 3.03. The minimum Gasteiger partial charge on any atom is -0.355 e. The molecule has 0 saturated heterocycles. The van der Waals surface area contributed by atoms with Gasteiger partial charge in [-0.15, -0.1) is 0 Å². The van der Waals surface area contributed by atoms with E-state index in [9.17, 15) is 4.79 Å². The van der Waals surface area contributed by atoms with Crippen molar-refractivity contribution < 1.29 is 6.22 Å². The molecule has 4 atom stereocenters. The zero-order valence-electron chi connectivity index (χ0n) is 8.21. The highest BCUT2D eigenvalue weighted by Crippen LogP contribution is 2.32. The van der Waals surface area contributed by atoms with Crippen LogP contribution in [0.1, 0.15) is 35.0 Å². The van der Waals surface area contributed by atoms with Gasteiger partial charge in [-0.25, -0.2) is 0 Å². The number of nitrogens with one attached hydrogen (secondary N) is 1. The molecule has 72 valence electrons.